The fraction of sp³-hybridized carbons (Fsp3) is 0.667. The van der Waals surface area contributed by atoms with Crippen LogP contribution in [-0.2, 0) is 19.1 Å². The minimum Gasteiger partial charge on any atom is -0.495 e. The van der Waals surface area contributed by atoms with E-state index >= 15 is 0 Å². The molecule has 2 heterocycles. The van der Waals surface area contributed by atoms with E-state index in [2.05, 4.69) is 25.8 Å². The van der Waals surface area contributed by atoms with Crippen molar-refractivity contribution in [2.45, 2.75) is 154 Å². The predicted molar refractivity (Wildman–Crippen MR) is 213 cm³/mol. The molecule has 3 aliphatic carbocycles. The Hall–Kier alpha value is -4.42. The van der Waals surface area contributed by atoms with Crippen LogP contribution in [0.3, 0.4) is 0 Å². The maximum absolute atomic E-state index is 13.4. The fourth-order valence-electron chi connectivity index (χ4n) is 8.90. The summed E-state index contributed by atoms with van der Waals surface area (Å²) in [5.41, 5.74) is 1.83. The van der Waals surface area contributed by atoms with Crippen molar-refractivity contribution in [3.8, 4) is 5.75 Å². The SMILES string of the molecule is CC[C@@H]1C(=O)N(C)c2cnc(Nc3ccc(C(=O)NC4CCC(CCC(=O)N[C@@H](CC(C)C)C(=O)OC5CCCC5)CC4)cc3OC)nc2N1C1CCCC1. The monoisotopic (exact) mass is 759 g/mol. The molecule has 0 radical (unpaired) electrons. The van der Waals surface area contributed by atoms with Crippen LogP contribution in [0.1, 0.15) is 134 Å². The van der Waals surface area contributed by atoms with Crippen LogP contribution in [0.4, 0.5) is 23.1 Å². The molecule has 0 spiro atoms. The number of carbonyl (C=O) groups is 4. The Labute approximate surface area is 326 Å². The number of anilines is 4. The lowest BCUT2D eigenvalue weighted by Crippen LogP contribution is -2.55. The normalized spacial score (nSPS) is 22.4. The van der Waals surface area contributed by atoms with Crippen LogP contribution >= 0.6 is 0 Å². The number of hydrogen-bond donors (Lipinski definition) is 3. The van der Waals surface area contributed by atoms with Crippen LogP contribution in [0, 0.1) is 11.8 Å². The number of esters is 1. The van der Waals surface area contributed by atoms with Crippen LogP contribution in [0.15, 0.2) is 24.4 Å². The number of likely N-dealkylation sites (N-methyl/N-ethyl adjacent to an activating group) is 1. The first-order valence-electron chi connectivity index (χ1n) is 20.7. The quantitative estimate of drug-likeness (QED) is 0.165. The second-order valence-corrected chi connectivity index (χ2v) is 16.4. The van der Waals surface area contributed by atoms with Gasteiger partial charge >= 0.3 is 5.97 Å². The van der Waals surface area contributed by atoms with Crippen LogP contribution in [0.25, 0.3) is 0 Å². The van der Waals surface area contributed by atoms with Crippen LogP contribution in [-0.4, -0.2) is 78.1 Å². The number of amides is 3. The van der Waals surface area contributed by atoms with Crippen molar-refractivity contribution in [1.29, 1.82) is 0 Å². The number of hydrogen-bond acceptors (Lipinski definition) is 10. The Morgan fingerprint density at radius 1 is 0.982 bits per heavy atom. The summed E-state index contributed by atoms with van der Waals surface area (Å²) >= 11 is 0. The first-order chi connectivity index (χ1) is 26.5. The molecule has 3 N–H and O–H groups in total. The molecule has 13 heteroatoms. The van der Waals surface area contributed by atoms with Gasteiger partial charge < -0.3 is 35.2 Å². The molecule has 4 aliphatic rings. The van der Waals surface area contributed by atoms with Crippen LogP contribution < -0.4 is 30.5 Å². The average Bonchev–Trinajstić information content (AvgIpc) is 3.91. The Morgan fingerprint density at radius 2 is 1.69 bits per heavy atom. The van der Waals surface area contributed by atoms with Crippen molar-refractivity contribution in [2.75, 3.05) is 29.3 Å². The maximum Gasteiger partial charge on any atom is 0.328 e. The molecule has 6 rings (SSSR count). The third kappa shape index (κ3) is 9.88. The van der Waals surface area contributed by atoms with E-state index < -0.39 is 6.04 Å². The first-order valence-corrected chi connectivity index (χ1v) is 20.7. The predicted octanol–water partition coefficient (Wildman–Crippen LogP) is 6.82. The van der Waals surface area contributed by atoms with Crippen LogP contribution in [0.2, 0.25) is 0 Å². The van der Waals surface area contributed by atoms with Gasteiger partial charge in [0.05, 0.1) is 19.0 Å². The molecule has 1 aromatic carbocycles. The summed E-state index contributed by atoms with van der Waals surface area (Å²) in [6, 6.07) is 4.75. The summed E-state index contributed by atoms with van der Waals surface area (Å²) in [6.07, 6.45) is 15.9. The van der Waals surface area contributed by atoms with E-state index in [1.807, 2.05) is 20.8 Å². The van der Waals surface area contributed by atoms with E-state index in [1.165, 1.54) is 0 Å². The van der Waals surface area contributed by atoms with Crippen molar-refractivity contribution in [1.82, 2.24) is 20.6 Å². The van der Waals surface area contributed by atoms with Crippen LogP contribution in [0.5, 0.6) is 5.75 Å². The number of nitrogens with one attached hydrogen (secondary N) is 3. The number of nitrogens with zero attached hydrogens (tertiary/aromatic N) is 4. The standard InChI is InChI=1S/C42H61N7O6/c1-6-34-40(52)48(4)35-25-43-42(47-38(35)49(34)30-11-7-8-12-30)46-32-21-18-28(24-36(32)54-5)39(51)44-29-19-15-27(16-20-29)17-22-37(50)45-33(23-26(2)3)41(53)55-31-13-9-10-14-31/h18,21,24-27,29-31,33-34H,6-17,19-20,22-23H2,1-5H3,(H,44,51)(H,45,50)(H,43,46,47)/t27?,29?,33-,34+/m0/s1. The molecule has 0 unspecified atom stereocenters. The van der Waals surface area contributed by atoms with Gasteiger partial charge in [0.25, 0.3) is 5.91 Å². The molecular formula is C42H61N7O6. The summed E-state index contributed by atoms with van der Waals surface area (Å²) in [4.78, 5) is 65.8. The summed E-state index contributed by atoms with van der Waals surface area (Å²) in [5.74, 6) is 1.79. The molecule has 1 aromatic heterocycles. The molecule has 300 valence electrons. The van der Waals surface area contributed by atoms with Crippen molar-refractivity contribution >= 4 is 46.8 Å². The van der Waals surface area contributed by atoms with E-state index in [9.17, 15) is 19.2 Å². The molecule has 3 saturated carbocycles. The Bertz CT molecular complexity index is 1670. The van der Waals surface area contributed by atoms with Gasteiger partial charge in [-0.3, -0.25) is 14.4 Å². The molecule has 0 bridgehead atoms. The topological polar surface area (TPSA) is 155 Å². The van der Waals surface area contributed by atoms with Gasteiger partial charge in [-0.15, -0.1) is 0 Å². The highest BCUT2D eigenvalue weighted by atomic mass is 16.5. The number of rotatable bonds is 15. The van der Waals surface area contributed by atoms with Crippen molar-refractivity contribution in [3.05, 3.63) is 30.0 Å². The highest BCUT2D eigenvalue weighted by molar-refractivity contribution is 6.04. The molecule has 0 saturated heterocycles. The van der Waals surface area contributed by atoms with Crippen molar-refractivity contribution < 1.29 is 28.7 Å². The van der Waals surface area contributed by atoms with Gasteiger partial charge in [-0.1, -0.05) is 33.6 Å². The van der Waals surface area contributed by atoms with Crippen molar-refractivity contribution in [2.24, 2.45) is 11.8 Å². The summed E-state index contributed by atoms with van der Waals surface area (Å²) in [5, 5.41) is 9.46. The summed E-state index contributed by atoms with van der Waals surface area (Å²) in [7, 11) is 3.35. The number of methoxy groups -OCH3 is 1. The molecule has 3 fully saturated rings. The van der Waals surface area contributed by atoms with Gasteiger partial charge in [-0.25, -0.2) is 9.78 Å². The number of aromatic nitrogens is 2. The second-order valence-electron chi connectivity index (χ2n) is 16.4. The van der Waals surface area contributed by atoms with Crippen molar-refractivity contribution in [3.63, 3.8) is 0 Å². The number of ether oxygens (including phenoxy) is 2. The molecule has 2 atom stereocenters. The minimum atomic E-state index is -0.601. The minimum absolute atomic E-state index is 0.0200. The Morgan fingerprint density at radius 3 is 2.36 bits per heavy atom. The van der Waals surface area contributed by atoms with Gasteiger partial charge in [-0.2, -0.15) is 4.98 Å². The third-order valence-electron chi connectivity index (χ3n) is 12.0. The zero-order valence-corrected chi connectivity index (χ0v) is 33.4. The maximum atomic E-state index is 13.4. The zero-order chi connectivity index (χ0) is 39.1. The fourth-order valence-corrected chi connectivity index (χ4v) is 8.90. The van der Waals surface area contributed by atoms with E-state index in [4.69, 9.17) is 14.5 Å². The molecule has 2 aromatic rings. The van der Waals surface area contributed by atoms with E-state index in [1.54, 1.807) is 43.5 Å². The third-order valence-corrected chi connectivity index (χ3v) is 12.0. The first kappa shape index (κ1) is 40.2. The average molecular weight is 760 g/mol. The lowest BCUT2D eigenvalue weighted by molar-refractivity contribution is -0.153. The van der Waals surface area contributed by atoms with Gasteiger partial charge in [0.2, 0.25) is 17.8 Å². The van der Waals surface area contributed by atoms with Gasteiger partial charge in [0, 0.05) is 31.1 Å². The molecular weight excluding hydrogens is 699 g/mol. The Kier molecular flexibility index (Phi) is 13.5. The number of carbonyl (C=O) groups excluding carboxylic acids is 4. The second kappa shape index (κ2) is 18.5. The summed E-state index contributed by atoms with van der Waals surface area (Å²) in [6.45, 7) is 6.14. The molecule has 55 heavy (non-hydrogen) atoms. The number of fused-ring (bicyclic) bond motifs is 1. The molecule has 13 nitrogen and oxygen atoms in total. The van der Waals surface area contributed by atoms with E-state index in [-0.39, 0.29) is 53.8 Å². The lowest BCUT2D eigenvalue weighted by atomic mass is 9.83. The van der Waals surface area contributed by atoms with E-state index in [0.29, 0.717) is 53.8 Å². The Balaban J connectivity index is 1.00. The molecule has 3 amide bonds. The van der Waals surface area contributed by atoms with Gasteiger partial charge in [-0.05, 0) is 114 Å². The largest absolute Gasteiger partial charge is 0.495 e. The number of benzene rings is 1. The van der Waals surface area contributed by atoms with E-state index in [0.717, 1.165) is 89.3 Å². The smallest absolute Gasteiger partial charge is 0.328 e. The summed E-state index contributed by atoms with van der Waals surface area (Å²) < 4.78 is 11.4. The van der Waals surface area contributed by atoms with Gasteiger partial charge in [0.1, 0.15) is 29.6 Å². The highest BCUT2D eigenvalue weighted by Gasteiger charge is 2.41. The zero-order valence-electron chi connectivity index (χ0n) is 33.4. The van der Waals surface area contributed by atoms with Gasteiger partial charge in [0.15, 0.2) is 5.82 Å². The highest BCUT2D eigenvalue weighted by Crippen LogP contribution is 2.40. The lowest BCUT2D eigenvalue weighted by Gasteiger charge is -2.43. The molecule has 1 aliphatic heterocycles.